The van der Waals surface area contributed by atoms with Crippen molar-refractivity contribution in [3.8, 4) is 0 Å². The standard InChI is InChI=1S/C13H15FN2O4/c1-8-6-15(7-9(2)20-8)13(17)11-4-3-10(16(18)19)5-12(11)14/h3-5,8-9H,6-7H2,1-2H3. The lowest BCUT2D eigenvalue weighted by molar-refractivity contribution is -0.385. The maximum absolute atomic E-state index is 13.8. The first kappa shape index (κ1) is 14.4. The maximum atomic E-state index is 13.8. The second-order valence-corrected chi connectivity index (χ2v) is 4.89. The number of nitrogens with zero attached hydrogens (tertiary/aromatic N) is 2. The van der Waals surface area contributed by atoms with E-state index in [1.54, 1.807) is 0 Å². The Bertz CT molecular complexity index is 539. The average Bonchev–Trinajstić information content (AvgIpc) is 2.36. The normalized spacial score (nSPS) is 22.6. The Balaban J connectivity index is 2.23. The summed E-state index contributed by atoms with van der Waals surface area (Å²) in [5.74, 6) is -1.35. The van der Waals surface area contributed by atoms with Crippen molar-refractivity contribution in [2.24, 2.45) is 0 Å². The first-order valence-electron chi connectivity index (χ1n) is 6.27. The van der Waals surface area contributed by atoms with E-state index < -0.39 is 16.6 Å². The van der Waals surface area contributed by atoms with Crippen LogP contribution in [0.15, 0.2) is 18.2 Å². The van der Waals surface area contributed by atoms with Crippen molar-refractivity contribution in [3.63, 3.8) is 0 Å². The Labute approximate surface area is 115 Å². The zero-order valence-electron chi connectivity index (χ0n) is 11.2. The molecule has 0 bridgehead atoms. The van der Waals surface area contributed by atoms with Gasteiger partial charge in [0.1, 0.15) is 5.82 Å². The molecule has 1 amide bonds. The predicted octanol–water partition coefficient (Wildman–Crippen LogP) is 1.98. The van der Waals surface area contributed by atoms with Crippen LogP contribution in [-0.2, 0) is 4.74 Å². The van der Waals surface area contributed by atoms with Gasteiger partial charge in [0.25, 0.3) is 11.6 Å². The topological polar surface area (TPSA) is 72.7 Å². The lowest BCUT2D eigenvalue weighted by Crippen LogP contribution is -2.48. The molecule has 1 aromatic carbocycles. The van der Waals surface area contributed by atoms with Gasteiger partial charge in [0.2, 0.25) is 0 Å². The van der Waals surface area contributed by atoms with E-state index >= 15 is 0 Å². The molecule has 0 aliphatic carbocycles. The lowest BCUT2D eigenvalue weighted by atomic mass is 10.1. The molecule has 1 fully saturated rings. The van der Waals surface area contributed by atoms with E-state index in [2.05, 4.69) is 0 Å². The lowest BCUT2D eigenvalue weighted by Gasteiger charge is -2.35. The monoisotopic (exact) mass is 282 g/mol. The summed E-state index contributed by atoms with van der Waals surface area (Å²) in [5, 5.41) is 10.5. The molecule has 0 spiro atoms. The van der Waals surface area contributed by atoms with Crippen molar-refractivity contribution in [3.05, 3.63) is 39.7 Å². The molecule has 2 atom stereocenters. The van der Waals surface area contributed by atoms with Gasteiger partial charge in [-0.3, -0.25) is 14.9 Å². The summed E-state index contributed by atoms with van der Waals surface area (Å²) in [7, 11) is 0. The van der Waals surface area contributed by atoms with Crippen LogP contribution in [0.3, 0.4) is 0 Å². The van der Waals surface area contributed by atoms with Crippen molar-refractivity contribution in [2.75, 3.05) is 13.1 Å². The number of nitro groups is 1. The third-order valence-corrected chi connectivity index (χ3v) is 3.10. The van der Waals surface area contributed by atoms with E-state index in [-0.39, 0.29) is 23.5 Å². The summed E-state index contributed by atoms with van der Waals surface area (Å²) in [4.78, 5) is 23.6. The number of hydrogen-bond acceptors (Lipinski definition) is 4. The van der Waals surface area contributed by atoms with E-state index in [1.165, 1.54) is 4.90 Å². The van der Waals surface area contributed by atoms with Crippen molar-refractivity contribution >= 4 is 11.6 Å². The number of hydrogen-bond donors (Lipinski definition) is 0. The number of amides is 1. The van der Waals surface area contributed by atoms with Gasteiger partial charge in [0, 0.05) is 19.2 Å². The third-order valence-electron chi connectivity index (χ3n) is 3.10. The number of non-ortho nitro benzene ring substituents is 1. The average molecular weight is 282 g/mol. The molecule has 1 aliphatic heterocycles. The quantitative estimate of drug-likeness (QED) is 0.614. The zero-order valence-corrected chi connectivity index (χ0v) is 11.2. The van der Waals surface area contributed by atoms with Crippen LogP contribution >= 0.6 is 0 Å². The van der Waals surface area contributed by atoms with Crippen LogP contribution in [0.2, 0.25) is 0 Å². The predicted molar refractivity (Wildman–Crippen MR) is 69.0 cm³/mol. The molecule has 2 rings (SSSR count). The van der Waals surface area contributed by atoms with E-state index in [0.29, 0.717) is 13.1 Å². The minimum atomic E-state index is -0.879. The summed E-state index contributed by atoms with van der Waals surface area (Å²) < 4.78 is 19.3. The fraction of sp³-hybridized carbons (Fsp3) is 0.462. The van der Waals surface area contributed by atoms with Gasteiger partial charge in [-0.05, 0) is 19.9 Å². The summed E-state index contributed by atoms with van der Waals surface area (Å²) in [6.07, 6.45) is -0.243. The largest absolute Gasteiger partial charge is 0.372 e. The number of ether oxygens (including phenoxy) is 1. The Morgan fingerprint density at radius 1 is 1.40 bits per heavy atom. The molecule has 2 unspecified atom stereocenters. The molecular weight excluding hydrogens is 267 g/mol. The number of benzene rings is 1. The second-order valence-electron chi connectivity index (χ2n) is 4.89. The zero-order chi connectivity index (χ0) is 14.9. The summed E-state index contributed by atoms with van der Waals surface area (Å²) in [6, 6.07) is 3.05. The first-order valence-corrected chi connectivity index (χ1v) is 6.27. The van der Waals surface area contributed by atoms with E-state index in [1.807, 2.05) is 13.8 Å². The Kier molecular flexibility index (Phi) is 3.99. The summed E-state index contributed by atoms with van der Waals surface area (Å²) in [5.41, 5.74) is -0.528. The smallest absolute Gasteiger partial charge is 0.272 e. The number of nitro benzene ring substituents is 1. The molecule has 1 heterocycles. The molecule has 0 saturated carbocycles. The highest BCUT2D eigenvalue weighted by Gasteiger charge is 2.28. The fourth-order valence-electron chi connectivity index (χ4n) is 2.31. The van der Waals surface area contributed by atoms with Crippen molar-refractivity contribution in [1.82, 2.24) is 4.90 Å². The van der Waals surface area contributed by atoms with Crippen molar-refractivity contribution in [1.29, 1.82) is 0 Å². The minimum absolute atomic E-state index is 0.121. The highest BCUT2D eigenvalue weighted by Crippen LogP contribution is 2.20. The number of rotatable bonds is 2. The Morgan fingerprint density at radius 3 is 2.50 bits per heavy atom. The Hall–Kier alpha value is -2.02. The van der Waals surface area contributed by atoms with Crippen molar-refractivity contribution < 1.29 is 18.8 Å². The molecule has 0 N–H and O–H groups in total. The van der Waals surface area contributed by atoms with Gasteiger partial charge in [-0.2, -0.15) is 0 Å². The summed E-state index contributed by atoms with van der Waals surface area (Å²) in [6.45, 7) is 4.42. The molecule has 1 aliphatic rings. The van der Waals surface area contributed by atoms with Crippen LogP contribution in [0.25, 0.3) is 0 Å². The van der Waals surface area contributed by atoms with Crippen LogP contribution in [0, 0.1) is 15.9 Å². The van der Waals surface area contributed by atoms with E-state index in [4.69, 9.17) is 4.74 Å². The molecule has 7 heteroatoms. The van der Waals surface area contributed by atoms with Crippen LogP contribution < -0.4 is 0 Å². The van der Waals surface area contributed by atoms with Gasteiger partial charge in [-0.25, -0.2) is 4.39 Å². The second kappa shape index (κ2) is 5.54. The SMILES string of the molecule is CC1CN(C(=O)c2ccc([N+](=O)[O-])cc2F)CC(C)O1. The van der Waals surface area contributed by atoms with Crippen LogP contribution in [0.1, 0.15) is 24.2 Å². The molecule has 0 radical (unpaired) electrons. The van der Waals surface area contributed by atoms with Crippen LogP contribution in [0.4, 0.5) is 10.1 Å². The molecule has 6 nitrogen and oxygen atoms in total. The first-order chi connectivity index (χ1) is 9.38. The highest BCUT2D eigenvalue weighted by molar-refractivity contribution is 5.94. The number of carbonyl (C=O) groups is 1. The minimum Gasteiger partial charge on any atom is -0.372 e. The maximum Gasteiger partial charge on any atom is 0.272 e. The Morgan fingerprint density at radius 2 is 2.00 bits per heavy atom. The molecule has 1 aromatic rings. The van der Waals surface area contributed by atoms with E-state index in [9.17, 15) is 19.3 Å². The molecular formula is C13H15FN2O4. The number of morpholine rings is 1. The molecule has 20 heavy (non-hydrogen) atoms. The molecule has 108 valence electrons. The molecule has 0 aromatic heterocycles. The van der Waals surface area contributed by atoms with Crippen molar-refractivity contribution in [2.45, 2.75) is 26.1 Å². The van der Waals surface area contributed by atoms with Gasteiger partial charge < -0.3 is 9.64 Å². The molecule has 1 saturated heterocycles. The van der Waals surface area contributed by atoms with Crippen LogP contribution in [0.5, 0.6) is 0 Å². The van der Waals surface area contributed by atoms with Crippen LogP contribution in [-0.4, -0.2) is 41.0 Å². The number of carbonyl (C=O) groups excluding carboxylic acids is 1. The van der Waals surface area contributed by atoms with Gasteiger partial charge in [-0.1, -0.05) is 0 Å². The van der Waals surface area contributed by atoms with E-state index in [0.717, 1.165) is 18.2 Å². The van der Waals surface area contributed by atoms with Gasteiger partial charge in [0.15, 0.2) is 0 Å². The third kappa shape index (κ3) is 2.93. The van der Waals surface area contributed by atoms with Gasteiger partial charge in [-0.15, -0.1) is 0 Å². The van der Waals surface area contributed by atoms with Gasteiger partial charge in [0.05, 0.1) is 28.8 Å². The van der Waals surface area contributed by atoms with Gasteiger partial charge >= 0.3 is 0 Å². The highest BCUT2D eigenvalue weighted by atomic mass is 19.1. The summed E-state index contributed by atoms with van der Waals surface area (Å²) >= 11 is 0. The fourth-order valence-corrected chi connectivity index (χ4v) is 2.31. The number of halogens is 1.